The third-order valence-corrected chi connectivity index (χ3v) is 8.22. The van der Waals surface area contributed by atoms with Gasteiger partial charge in [-0.05, 0) is 57.7 Å². The number of sulfonamides is 1. The molecule has 1 aliphatic heterocycles. The van der Waals surface area contributed by atoms with E-state index in [1.807, 2.05) is 31.2 Å². The second-order valence-electron chi connectivity index (χ2n) is 11.4. The van der Waals surface area contributed by atoms with Crippen LogP contribution in [-0.4, -0.2) is 47.5 Å². The number of hydrogen-bond acceptors (Lipinski definition) is 7. The standard InChI is InChI=1S/C31H37F2N5O4S/c1-6-7-11-26-25(17-21-13-15-22(16-14-21)24-10-8-9-12-27(24)43(34,40)41)28(39)37(20(2)38(26)31(3,4)5)30-35-18-23(19-36-30)42-29(32)33/h8-10,12-16,18-20,29H,6-7,11,17H2,1-5H3,(H2,34,40,41). The second kappa shape index (κ2) is 12.8. The van der Waals surface area contributed by atoms with Crippen LogP contribution < -0.4 is 14.8 Å². The number of amides is 1. The van der Waals surface area contributed by atoms with E-state index >= 15 is 0 Å². The zero-order valence-electron chi connectivity index (χ0n) is 24.9. The molecule has 1 amide bonds. The molecule has 3 aromatic rings. The van der Waals surface area contributed by atoms with Gasteiger partial charge in [-0.25, -0.2) is 23.5 Å². The van der Waals surface area contributed by atoms with Gasteiger partial charge in [0.15, 0.2) is 5.75 Å². The van der Waals surface area contributed by atoms with Crippen LogP contribution in [0.4, 0.5) is 14.7 Å². The normalized spacial score (nSPS) is 16.3. The van der Waals surface area contributed by atoms with Crippen LogP contribution >= 0.6 is 0 Å². The number of nitrogens with two attached hydrogens (primary N) is 1. The quantitative estimate of drug-likeness (QED) is 0.304. The van der Waals surface area contributed by atoms with Gasteiger partial charge in [-0.2, -0.15) is 8.78 Å². The number of carbonyl (C=O) groups is 1. The Kier molecular flexibility index (Phi) is 9.50. The van der Waals surface area contributed by atoms with E-state index < -0.39 is 22.8 Å². The number of nitrogens with zero attached hydrogens (tertiary/aromatic N) is 4. The fourth-order valence-corrected chi connectivity index (χ4v) is 6.26. The minimum Gasteiger partial charge on any atom is -0.432 e. The van der Waals surface area contributed by atoms with E-state index in [4.69, 9.17) is 5.14 Å². The van der Waals surface area contributed by atoms with Gasteiger partial charge in [0.2, 0.25) is 16.0 Å². The molecule has 9 nitrogen and oxygen atoms in total. The molecule has 1 unspecified atom stereocenters. The molecule has 12 heteroatoms. The summed E-state index contributed by atoms with van der Waals surface area (Å²) in [5.41, 5.74) is 3.14. The Morgan fingerprint density at radius 1 is 1.05 bits per heavy atom. The fraction of sp³-hybridized carbons (Fsp3) is 0.387. The molecule has 0 saturated carbocycles. The molecular formula is C31H37F2N5O4S. The number of halogens is 2. The predicted molar refractivity (Wildman–Crippen MR) is 161 cm³/mol. The maximum Gasteiger partial charge on any atom is 0.387 e. The van der Waals surface area contributed by atoms with Gasteiger partial charge in [0, 0.05) is 28.8 Å². The Morgan fingerprint density at radius 2 is 1.67 bits per heavy atom. The molecule has 0 aliphatic carbocycles. The highest BCUT2D eigenvalue weighted by Gasteiger charge is 2.42. The lowest BCUT2D eigenvalue weighted by molar-refractivity contribution is -0.118. The Bertz CT molecular complexity index is 1590. The average Bonchev–Trinajstić information content (AvgIpc) is 2.93. The maximum absolute atomic E-state index is 14.2. The molecule has 2 N–H and O–H groups in total. The zero-order chi connectivity index (χ0) is 31.5. The van der Waals surface area contributed by atoms with Crippen molar-refractivity contribution >= 4 is 21.9 Å². The molecule has 0 bridgehead atoms. The van der Waals surface area contributed by atoms with Gasteiger partial charge in [-0.3, -0.25) is 9.69 Å². The van der Waals surface area contributed by atoms with Gasteiger partial charge in [0.05, 0.1) is 17.3 Å². The van der Waals surface area contributed by atoms with Crippen molar-refractivity contribution in [2.24, 2.45) is 5.14 Å². The van der Waals surface area contributed by atoms with E-state index in [2.05, 4.69) is 47.3 Å². The van der Waals surface area contributed by atoms with Gasteiger partial charge in [0.25, 0.3) is 5.91 Å². The smallest absolute Gasteiger partial charge is 0.387 e. The largest absolute Gasteiger partial charge is 0.432 e. The second-order valence-corrected chi connectivity index (χ2v) is 12.9. The molecule has 230 valence electrons. The first kappa shape index (κ1) is 32.0. The van der Waals surface area contributed by atoms with Gasteiger partial charge in [-0.15, -0.1) is 0 Å². The highest BCUT2D eigenvalue weighted by molar-refractivity contribution is 7.89. The van der Waals surface area contributed by atoms with Crippen molar-refractivity contribution in [3.05, 3.63) is 77.8 Å². The van der Waals surface area contributed by atoms with Crippen LogP contribution in [0.25, 0.3) is 11.1 Å². The van der Waals surface area contributed by atoms with Crippen molar-refractivity contribution in [2.75, 3.05) is 4.90 Å². The zero-order valence-corrected chi connectivity index (χ0v) is 25.7. The number of unbranched alkanes of at least 4 members (excludes halogenated alkanes) is 1. The molecule has 1 aromatic heterocycles. The van der Waals surface area contributed by atoms with Crippen molar-refractivity contribution < 1.29 is 26.7 Å². The summed E-state index contributed by atoms with van der Waals surface area (Å²) in [5, 5.41) is 5.44. The van der Waals surface area contributed by atoms with E-state index in [0.717, 1.165) is 36.5 Å². The van der Waals surface area contributed by atoms with Crippen molar-refractivity contribution in [2.45, 2.75) is 83.5 Å². The van der Waals surface area contributed by atoms with Crippen molar-refractivity contribution in [1.82, 2.24) is 14.9 Å². The lowest BCUT2D eigenvalue weighted by Crippen LogP contribution is -2.60. The minimum absolute atomic E-state index is 0.0326. The van der Waals surface area contributed by atoms with Crippen LogP contribution in [-0.2, 0) is 21.2 Å². The van der Waals surface area contributed by atoms with Gasteiger partial charge in [0.1, 0.15) is 6.17 Å². The molecule has 0 fully saturated rings. The van der Waals surface area contributed by atoms with Gasteiger partial charge < -0.3 is 9.64 Å². The van der Waals surface area contributed by atoms with Crippen LogP contribution in [0.15, 0.2) is 77.1 Å². The first-order chi connectivity index (χ1) is 20.2. The fourth-order valence-electron chi connectivity index (χ4n) is 5.50. The Hall–Kier alpha value is -3.90. The van der Waals surface area contributed by atoms with E-state index in [1.54, 1.807) is 18.2 Å². The highest BCUT2D eigenvalue weighted by atomic mass is 32.2. The first-order valence-electron chi connectivity index (χ1n) is 14.0. The molecule has 2 heterocycles. The van der Waals surface area contributed by atoms with E-state index in [1.165, 1.54) is 11.0 Å². The highest BCUT2D eigenvalue weighted by Crippen LogP contribution is 2.38. The monoisotopic (exact) mass is 613 g/mol. The number of primary sulfonamides is 1. The molecule has 1 aliphatic rings. The number of ether oxygens (including phenoxy) is 1. The van der Waals surface area contributed by atoms with Gasteiger partial charge in [-0.1, -0.05) is 55.8 Å². The van der Waals surface area contributed by atoms with Crippen LogP contribution in [0.1, 0.15) is 59.4 Å². The predicted octanol–water partition coefficient (Wildman–Crippen LogP) is 5.87. The summed E-state index contributed by atoms with van der Waals surface area (Å²) < 4.78 is 54.1. The lowest BCUT2D eigenvalue weighted by atomic mass is 9.91. The van der Waals surface area contributed by atoms with E-state index in [-0.39, 0.29) is 28.0 Å². The number of aromatic nitrogens is 2. The van der Waals surface area contributed by atoms with Crippen LogP contribution in [0.3, 0.4) is 0 Å². The SMILES string of the molecule is CCCCC1=C(Cc2ccc(-c3ccccc3S(N)(=O)=O)cc2)C(=O)N(c2ncc(OC(F)F)cn2)C(C)N1C(C)(C)C. The summed E-state index contributed by atoms with van der Waals surface area (Å²) in [6.45, 7) is 7.18. The molecule has 43 heavy (non-hydrogen) atoms. The van der Waals surface area contributed by atoms with Crippen molar-refractivity contribution in [3.8, 4) is 16.9 Å². The number of carbonyl (C=O) groups excluding carboxylic acids is 1. The number of hydrogen-bond donors (Lipinski definition) is 1. The number of allylic oxidation sites excluding steroid dienone is 1. The average molecular weight is 614 g/mol. The summed E-state index contributed by atoms with van der Waals surface area (Å²) in [6.07, 6.45) is 4.61. The summed E-state index contributed by atoms with van der Waals surface area (Å²) in [5.74, 6) is -0.396. The Morgan fingerprint density at radius 3 is 2.23 bits per heavy atom. The first-order valence-corrected chi connectivity index (χ1v) is 15.6. The Labute approximate surface area is 251 Å². The molecule has 0 saturated heterocycles. The molecule has 2 aromatic carbocycles. The van der Waals surface area contributed by atoms with Crippen LogP contribution in [0.5, 0.6) is 5.75 Å². The molecule has 0 radical (unpaired) electrons. The number of benzene rings is 2. The third kappa shape index (κ3) is 7.19. The van der Waals surface area contributed by atoms with Crippen molar-refractivity contribution in [1.29, 1.82) is 0 Å². The van der Waals surface area contributed by atoms with Crippen LogP contribution in [0, 0.1) is 0 Å². The summed E-state index contributed by atoms with van der Waals surface area (Å²) in [7, 11) is -3.92. The maximum atomic E-state index is 14.2. The Balaban J connectivity index is 1.76. The minimum atomic E-state index is -3.92. The number of rotatable bonds is 10. The molecular weight excluding hydrogens is 576 g/mol. The molecule has 4 rings (SSSR count). The molecule has 1 atom stereocenters. The van der Waals surface area contributed by atoms with E-state index in [9.17, 15) is 22.0 Å². The van der Waals surface area contributed by atoms with Crippen molar-refractivity contribution in [3.63, 3.8) is 0 Å². The summed E-state index contributed by atoms with van der Waals surface area (Å²) >= 11 is 0. The topological polar surface area (TPSA) is 119 Å². The van der Waals surface area contributed by atoms with Gasteiger partial charge >= 0.3 is 6.61 Å². The molecule has 0 spiro atoms. The third-order valence-electron chi connectivity index (χ3n) is 7.25. The number of alkyl halides is 2. The lowest BCUT2D eigenvalue weighted by Gasteiger charge is -2.51. The summed E-state index contributed by atoms with van der Waals surface area (Å²) in [6, 6.07) is 13.9. The van der Waals surface area contributed by atoms with Crippen LogP contribution in [0.2, 0.25) is 0 Å². The number of anilines is 1. The van der Waals surface area contributed by atoms with E-state index in [0.29, 0.717) is 29.5 Å². The summed E-state index contributed by atoms with van der Waals surface area (Å²) in [4.78, 5) is 26.3.